The molecule has 2 rings (SSSR count). The first-order valence-corrected chi connectivity index (χ1v) is 6.80. The summed E-state index contributed by atoms with van der Waals surface area (Å²) >= 11 is 1.95. The molecule has 0 fully saturated rings. The van der Waals surface area contributed by atoms with Gasteiger partial charge in [0.25, 0.3) is 0 Å². The summed E-state index contributed by atoms with van der Waals surface area (Å²) in [6.07, 6.45) is 0. The van der Waals surface area contributed by atoms with Crippen molar-refractivity contribution in [2.45, 2.75) is 25.6 Å². The number of rotatable bonds is 1. The van der Waals surface area contributed by atoms with Crippen molar-refractivity contribution in [3.8, 4) is 5.75 Å². The molecule has 2 nitrogen and oxygen atoms in total. The number of aryl methyl sites for hydroxylation is 1. The molecule has 1 aliphatic rings. The molecule has 0 radical (unpaired) electrons. The van der Waals surface area contributed by atoms with Gasteiger partial charge < -0.3 is 10.5 Å². The fourth-order valence-electron chi connectivity index (χ4n) is 2.30. The summed E-state index contributed by atoms with van der Waals surface area (Å²) in [7, 11) is 1.73. The normalized spacial score (nSPS) is 24.8. The molecule has 0 saturated carbocycles. The fourth-order valence-corrected chi connectivity index (χ4v) is 3.50. The first kappa shape index (κ1) is 11.8. The van der Waals surface area contributed by atoms with E-state index in [-0.39, 0.29) is 6.04 Å². The Morgan fingerprint density at radius 1 is 1.44 bits per heavy atom. The first-order valence-electron chi connectivity index (χ1n) is 5.64. The van der Waals surface area contributed by atoms with Gasteiger partial charge in [-0.3, -0.25) is 0 Å². The van der Waals surface area contributed by atoms with E-state index in [1.165, 1.54) is 16.7 Å². The highest BCUT2D eigenvalue weighted by molar-refractivity contribution is 7.98. The van der Waals surface area contributed by atoms with Gasteiger partial charge in [0.15, 0.2) is 0 Å². The van der Waals surface area contributed by atoms with Gasteiger partial charge in [0, 0.05) is 17.4 Å². The fraction of sp³-hybridized carbons (Fsp3) is 0.538. The van der Waals surface area contributed by atoms with Crippen LogP contribution in [-0.2, 0) is 5.75 Å². The summed E-state index contributed by atoms with van der Waals surface area (Å²) in [6, 6.07) is 4.30. The van der Waals surface area contributed by atoms with E-state index in [0.29, 0.717) is 5.92 Å². The van der Waals surface area contributed by atoms with Gasteiger partial charge in [-0.25, -0.2) is 0 Å². The Labute approximate surface area is 102 Å². The van der Waals surface area contributed by atoms with Crippen molar-refractivity contribution >= 4 is 11.8 Å². The maximum Gasteiger partial charge on any atom is 0.123 e. The number of ether oxygens (including phenoxy) is 1. The van der Waals surface area contributed by atoms with Gasteiger partial charge in [-0.1, -0.05) is 13.0 Å². The minimum Gasteiger partial charge on any atom is -0.496 e. The van der Waals surface area contributed by atoms with Gasteiger partial charge in [0.05, 0.1) is 7.11 Å². The molecule has 1 aliphatic heterocycles. The van der Waals surface area contributed by atoms with E-state index in [0.717, 1.165) is 17.3 Å². The number of hydrogen-bond donors (Lipinski definition) is 1. The summed E-state index contributed by atoms with van der Waals surface area (Å²) in [5.41, 5.74) is 10.2. The lowest BCUT2D eigenvalue weighted by atomic mass is 9.89. The lowest BCUT2D eigenvalue weighted by molar-refractivity contribution is 0.409. The van der Waals surface area contributed by atoms with Crippen LogP contribution in [0.3, 0.4) is 0 Å². The maximum absolute atomic E-state index is 6.35. The molecule has 1 heterocycles. The van der Waals surface area contributed by atoms with Crippen molar-refractivity contribution in [2.75, 3.05) is 12.9 Å². The summed E-state index contributed by atoms with van der Waals surface area (Å²) in [5, 5.41) is 0. The number of benzene rings is 1. The van der Waals surface area contributed by atoms with Gasteiger partial charge in [0.1, 0.15) is 5.75 Å². The third-order valence-electron chi connectivity index (χ3n) is 3.33. The lowest BCUT2D eigenvalue weighted by Crippen LogP contribution is -2.21. The standard InChI is InChI=1S/C13H19NOS/c1-8-4-5-11(15-3)10-7-16-6-9(2)13(14)12(8)10/h4-5,9,13H,6-7,14H2,1-3H3. The number of thioether (sulfide) groups is 1. The highest BCUT2D eigenvalue weighted by Gasteiger charge is 2.25. The van der Waals surface area contributed by atoms with E-state index >= 15 is 0 Å². The summed E-state index contributed by atoms with van der Waals surface area (Å²) in [4.78, 5) is 0. The van der Waals surface area contributed by atoms with Crippen LogP contribution in [0, 0.1) is 12.8 Å². The number of nitrogens with two attached hydrogens (primary N) is 1. The van der Waals surface area contributed by atoms with Crippen molar-refractivity contribution < 1.29 is 4.74 Å². The summed E-state index contributed by atoms with van der Waals surface area (Å²) < 4.78 is 5.44. The van der Waals surface area contributed by atoms with Crippen LogP contribution in [0.15, 0.2) is 12.1 Å². The number of methoxy groups -OCH3 is 1. The van der Waals surface area contributed by atoms with E-state index in [2.05, 4.69) is 26.0 Å². The smallest absolute Gasteiger partial charge is 0.123 e. The molecule has 2 atom stereocenters. The molecule has 0 spiro atoms. The van der Waals surface area contributed by atoms with Gasteiger partial charge in [-0.15, -0.1) is 0 Å². The third kappa shape index (κ3) is 1.94. The SMILES string of the molecule is COc1ccc(C)c2c1CSCC(C)C2N. The predicted octanol–water partition coefficient (Wildman–Crippen LogP) is 2.89. The monoisotopic (exact) mass is 237 g/mol. The van der Waals surface area contributed by atoms with Crippen molar-refractivity contribution in [1.29, 1.82) is 0 Å². The molecule has 0 aromatic heterocycles. The second-order valence-electron chi connectivity index (χ2n) is 4.50. The average molecular weight is 237 g/mol. The van der Waals surface area contributed by atoms with Gasteiger partial charge in [0.2, 0.25) is 0 Å². The molecular weight excluding hydrogens is 218 g/mol. The van der Waals surface area contributed by atoms with Crippen LogP contribution in [0.5, 0.6) is 5.75 Å². The first-order chi connectivity index (χ1) is 7.65. The Morgan fingerprint density at radius 3 is 2.88 bits per heavy atom. The van der Waals surface area contributed by atoms with Crippen LogP contribution in [0.1, 0.15) is 29.7 Å². The predicted molar refractivity (Wildman–Crippen MR) is 70.0 cm³/mol. The van der Waals surface area contributed by atoms with E-state index in [1.54, 1.807) is 7.11 Å². The second-order valence-corrected chi connectivity index (χ2v) is 5.53. The molecule has 2 unspecified atom stereocenters. The highest BCUT2D eigenvalue weighted by Crippen LogP contribution is 2.39. The molecule has 3 heteroatoms. The molecule has 16 heavy (non-hydrogen) atoms. The molecule has 1 aromatic rings. The third-order valence-corrected chi connectivity index (χ3v) is 4.58. The number of hydrogen-bond acceptors (Lipinski definition) is 3. The lowest BCUT2D eigenvalue weighted by Gasteiger charge is -2.21. The topological polar surface area (TPSA) is 35.2 Å². The van der Waals surface area contributed by atoms with E-state index < -0.39 is 0 Å². The Morgan fingerprint density at radius 2 is 2.19 bits per heavy atom. The molecule has 1 aromatic carbocycles. The quantitative estimate of drug-likeness (QED) is 0.815. The molecule has 2 N–H and O–H groups in total. The Kier molecular flexibility index (Phi) is 3.45. The Balaban J connectivity index is 2.57. The van der Waals surface area contributed by atoms with E-state index in [1.807, 2.05) is 11.8 Å². The molecule has 0 amide bonds. The zero-order valence-corrected chi connectivity index (χ0v) is 10.9. The Hall–Kier alpha value is -0.670. The van der Waals surface area contributed by atoms with Crippen LogP contribution in [-0.4, -0.2) is 12.9 Å². The molecular formula is C13H19NOS. The zero-order valence-electron chi connectivity index (χ0n) is 10.1. The van der Waals surface area contributed by atoms with Crippen molar-refractivity contribution in [2.24, 2.45) is 11.7 Å². The molecule has 0 aliphatic carbocycles. The molecule has 0 bridgehead atoms. The number of fused-ring (bicyclic) bond motifs is 1. The summed E-state index contributed by atoms with van der Waals surface area (Å²) in [6.45, 7) is 4.37. The van der Waals surface area contributed by atoms with Gasteiger partial charge in [-0.05, 0) is 35.8 Å². The van der Waals surface area contributed by atoms with Crippen LogP contribution < -0.4 is 10.5 Å². The van der Waals surface area contributed by atoms with E-state index in [4.69, 9.17) is 10.5 Å². The second kappa shape index (κ2) is 4.68. The molecule has 0 saturated heterocycles. The molecule has 88 valence electrons. The zero-order chi connectivity index (χ0) is 11.7. The van der Waals surface area contributed by atoms with Gasteiger partial charge in [-0.2, -0.15) is 11.8 Å². The van der Waals surface area contributed by atoms with Gasteiger partial charge >= 0.3 is 0 Å². The minimum absolute atomic E-state index is 0.139. The van der Waals surface area contributed by atoms with Crippen molar-refractivity contribution in [1.82, 2.24) is 0 Å². The van der Waals surface area contributed by atoms with Crippen molar-refractivity contribution in [3.05, 3.63) is 28.8 Å². The highest BCUT2D eigenvalue weighted by atomic mass is 32.2. The van der Waals surface area contributed by atoms with Crippen LogP contribution in [0.4, 0.5) is 0 Å². The van der Waals surface area contributed by atoms with Crippen LogP contribution in [0.2, 0.25) is 0 Å². The van der Waals surface area contributed by atoms with E-state index in [9.17, 15) is 0 Å². The Bertz CT molecular complexity index is 392. The maximum atomic E-state index is 6.35. The largest absolute Gasteiger partial charge is 0.496 e. The van der Waals surface area contributed by atoms with Crippen LogP contribution >= 0.6 is 11.8 Å². The minimum atomic E-state index is 0.139. The van der Waals surface area contributed by atoms with Crippen molar-refractivity contribution in [3.63, 3.8) is 0 Å². The average Bonchev–Trinajstić information content (AvgIpc) is 2.41. The summed E-state index contributed by atoms with van der Waals surface area (Å²) in [5.74, 6) is 3.64. The van der Waals surface area contributed by atoms with Crippen LogP contribution in [0.25, 0.3) is 0 Å².